The Hall–Kier alpha value is -0.920. The summed E-state index contributed by atoms with van der Waals surface area (Å²) in [5, 5.41) is 0. The van der Waals surface area contributed by atoms with E-state index in [0.717, 1.165) is 12.8 Å². The largest absolute Gasteiger partial charge is 0.299 e. The average Bonchev–Trinajstić information content (AvgIpc) is 3.09. The third-order valence-electron chi connectivity index (χ3n) is 4.33. The Morgan fingerprint density at radius 3 is 2.31 bits per heavy atom. The zero-order chi connectivity index (χ0) is 11.1. The molecule has 2 saturated carbocycles. The molecule has 16 heavy (non-hydrogen) atoms. The maximum absolute atomic E-state index is 12.0. The Balaban J connectivity index is 1.94. The molecule has 3 aliphatic rings. The third-order valence-corrected chi connectivity index (χ3v) is 4.33. The van der Waals surface area contributed by atoms with E-state index in [1.54, 1.807) is 0 Å². The SMILES string of the molecule is O=C1C=C(C2CC2)C2CCCC[C@H]2C(=O)C1. The van der Waals surface area contributed by atoms with E-state index in [1.807, 2.05) is 6.08 Å². The molecule has 0 aromatic rings. The minimum atomic E-state index is 0.0568. The second-order valence-corrected chi connectivity index (χ2v) is 5.53. The smallest absolute Gasteiger partial charge is 0.163 e. The van der Waals surface area contributed by atoms with Crippen LogP contribution in [0.25, 0.3) is 0 Å². The van der Waals surface area contributed by atoms with Crippen LogP contribution in [0.1, 0.15) is 44.9 Å². The molecule has 2 atom stereocenters. The van der Waals surface area contributed by atoms with Crippen molar-refractivity contribution in [2.45, 2.75) is 44.9 Å². The van der Waals surface area contributed by atoms with Gasteiger partial charge in [-0.2, -0.15) is 0 Å². The van der Waals surface area contributed by atoms with Gasteiger partial charge in [0.2, 0.25) is 0 Å². The van der Waals surface area contributed by atoms with E-state index in [-0.39, 0.29) is 23.9 Å². The number of fused-ring (bicyclic) bond motifs is 1. The lowest BCUT2D eigenvalue weighted by molar-refractivity contribution is -0.128. The number of carbonyl (C=O) groups excluding carboxylic acids is 2. The van der Waals surface area contributed by atoms with Gasteiger partial charge in [0.1, 0.15) is 5.78 Å². The summed E-state index contributed by atoms with van der Waals surface area (Å²) in [4.78, 5) is 23.7. The Morgan fingerprint density at radius 2 is 1.62 bits per heavy atom. The second-order valence-electron chi connectivity index (χ2n) is 5.53. The summed E-state index contributed by atoms with van der Waals surface area (Å²) in [6.07, 6.45) is 8.99. The van der Waals surface area contributed by atoms with Crippen molar-refractivity contribution in [3.63, 3.8) is 0 Å². The van der Waals surface area contributed by atoms with Gasteiger partial charge in [0.15, 0.2) is 5.78 Å². The van der Waals surface area contributed by atoms with Gasteiger partial charge in [-0.3, -0.25) is 9.59 Å². The molecule has 3 aliphatic carbocycles. The number of ketones is 2. The summed E-state index contributed by atoms with van der Waals surface area (Å²) in [5.74, 6) is 1.50. The molecular formula is C14H18O2. The first-order valence-electron chi connectivity index (χ1n) is 6.53. The average molecular weight is 218 g/mol. The normalized spacial score (nSPS) is 35.4. The van der Waals surface area contributed by atoms with Crippen LogP contribution in [0.15, 0.2) is 11.6 Å². The Labute approximate surface area is 96.1 Å². The zero-order valence-corrected chi connectivity index (χ0v) is 9.58. The highest BCUT2D eigenvalue weighted by Crippen LogP contribution is 2.47. The van der Waals surface area contributed by atoms with Gasteiger partial charge >= 0.3 is 0 Å². The molecule has 0 N–H and O–H groups in total. The van der Waals surface area contributed by atoms with Crippen LogP contribution < -0.4 is 0 Å². The van der Waals surface area contributed by atoms with Crippen molar-refractivity contribution < 1.29 is 9.59 Å². The Kier molecular flexibility index (Phi) is 2.45. The first-order valence-corrected chi connectivity index (χ1v) is 6.53. The highest BCUT2D eigenvalue weighted by molar-refractivity contribution is 6.06. The second kappa shape index (κ2) is 3.83. The minimum absolute atomic E-state index is 0.0568. The summed E-state index contributed by atoms with van der Waals surface area (Å²) in [6, 6.07) is 0. The summed E-state index contributed by atoms with van der Waals surface area (Å²) in [7, 11) is 0. The molecule has 0 bridgehead atoms. The number of allylic oxidation sites excluding steroid dienone is 2. The van der Waals surface area contributed by atoms with Crippen molar-refractivity contribution in [1.82, 2.24) is 0 Å². The van der Waals surface area contributed by atoms with E-state index >= 15 is 0 Å². The quantitative estimate of drug-likeness (QED) is 0.634. The summed E-state index contributed by atoms with van der Waals surface area (Å²) < 4.78 is 0. The van der Waals surface area contributed by atoms with Gasteiger partial charge < -0.3 is 0 Å². The molecule has 2 heteroatoms. The van der Waals surface area contributed by atoms with Crippen LogP contribution >= 0.6 is 0 Å². The van der Waals surface area contributed by atoms with Gasteiger partial charge in [0.05, 0.1) is 6.42 Å². The van der Waals surface area contributed by atoms with Crippen molar-refractivity contribution in [2.75, 3.05) is 0 Å². The van der Waals surface area contributed by atoms with Gasteiger partial charge in [0.25, 0.3) is 0 Å². The monoisotopic (exact) mass is 218 g/mol. The molecule has 0 aliphatic heterocycles. The summed E-state index contributed by atoms with van der Waals surface area (Å²) in [5.41, 5.74) is 1.33. The molecule has 0 saturated heterocycles. The topological polar surface area (TPSA) is 34.1 Å². The van der Waals surface area contributed by atoms with E-state index in [2.05, 4.69) is 0 Å². The number of carbonyl (C=O) groups is 2. The maximum Gasteiger partial charge on any atom is 0.163 e. The predicted molar refractivity (Wildman–Crippen MR) is 60.9 cm³/mol. The van der Waals surface area contributed by atoms with Crippen molar-refractivity contribution in [3.05, 3.63) is 11.6 Å². The van der Waals surface area contributed by atoms with Crippen molar-refractivity contribution in [3.8, 4) is 0 Å². The minimum Gasteiger partial charge on any atom is -0.299 e. The zero-order valence-electron chi connectivity index (χ0n) is 9.58. The summed E-state index contributed by atoms with van der Waals surface area (Å²) in [6.45, 7) is 0. The fraction of sp³-hybridized carbons (Fsp3) is 0.714. The molecule has 0 radical (unpaired) electrons. The number of rotatable bonds is 1. The Morgan fingerprint density at radius 1 is 0.938 bits per heavy atom. The molecule has 3 rings (SSSR count). The fourth-order valence-corrected chi connectivity index (χ4v) is 3.40. The van der Waals surface area contributed by atoms with Crippen LogP contribution in [-0.4, -0.2) is 11.6 Å². The van der Waals surface area contributed by atoms with E-state index in [0.29, 0.717) is 11.8 Å². The lowest BCUT2D eigenvalue weighted by Crippen LogP contribution is -2.27. The number of hydrogen-bond donors (Lipinski definition) is 0. The first-order chi connectivity index (χ1) is 7.75. The van der Waals surface area contributed by atoms with Crippen LogP contribution in [-0.2, 0) is 9.59 Å². The number of hydrogen-bond acceptors (Lipinski definition) is 2. The lowest BCUT2D eigenvalue weighted by Gasteiger charge is -2.31. The van der Waals surface area contributed by atoms with Crippen LogP contribution in [0.5, 0.6) is 0 Å². The molecule has 0 aromatic heterocycles. The van der Waals surface area contributed by atoms with E-state index < -0.39 is 0 Å². The highest BCUT2D eigenvalue weighted by atomic mass is 16.1. The lowest BCUT2D eigenvalue weighted by atomic mass is 9.73. The molecule has 2 fully saturated rings. The molecule has 86 valence electrons. The van der Waals surface area contributed by atoms with Gasteiger partial charge in [-0.25, -0.2) is 0 Å². The van der Waals surface area contributed by atoms with Crippen molar-refractivity contribution in [1.29, 1.82) is 0 Å². The molecular weight excluding hydrogens is 200 g/mol. The molecule has 0 aromatic carbocycles. The molecule has 0 amide bonds. The van der Waals surface area contributed by atoms with Gasteiger partial charge in [-0.1, -0.05) is 18.4 Å². The van der Waals surface area contributed by atoms with E-state index in [1.165, 1.54) is 31.3 Å². The van der Waals surface area contributed by atoms with Gasteiger partial charge in [-0.15, -0.1) is 0 Å². The first kappa shape index (κ1) is 10.2. The third kappa shape index (κ3) is 1.74. The Bertz CT molecular complexity index is 363. The van der Waals surface area contributed by atoms with Crippen LogP contribution in [0.2, 0.25) is 0 Å². The fourth-order valence-electron chi connectivity index (χ4n) is 3.40. The molecule has 2 nitrogen and oxygen atoms in total. The van der Waals surface area contributed by atoms with Crippen molar-refractivity contribution in [2.24, 2.45) is 17.8 Å². The molecule has 1 unspecified atom stereocenters. The van der Waals surface area contributed by atoms with Crippen molar-refractivity contribution >= 4 is 11.6 Å². The summed E-state index contributed by atoms with van der Waals surface area (Å²) >= 11 is 0. The molecule has 0 spiro atoms. The molecule has 0 heterocycles. The van der Waals surface area contributed by atoms with Crippen LogP contribution in [0.3, 0.4) is 0 Å². The van der Waals surface area contributed by atoms with E-state index in [4.69, 9.17) is 0 Å². The van der Waals surface area contributed by atoms with E-state index in [9.17, 15) is 9.59 Å². The number of Topliss-reactive ketones (excluding diaryl/α,β-unsaturated/α-hetero) is 1. The predicted octanol–water partition coefficient (Wildman–Crippen LogP) is 2.67. The van der Waals surface area contributed by atoms with Gasteiger partial charge in [-0.05, 0) is 43.6 Å². The van der Waals surface area contributed by atoms with Gasteiger partial charge in [0, 0.05) is 5.92 Å². The van der Waals surface area contributed by atoms with Crippen LogP contribution in [0, 0.1) is 17.8 Å². The van der Waals surface area contributed by atoms with Crippen LogP contribution in [0.4, 0.5) is 0 Å². The highest BCUT2D eigenvalue weighted by Gasteiger charge is 2.41. The standard InChI is InChI=1S/C14H18O2/c15-10-7-13(9-5-6-9)11-3-1-2-4-12(11)14(16)8-10/h7,9,11-12H,1-6,8H2/t11?,12-/m1/s1. The maximum atomic E-state index is 12.0.